The SMILES string of the molecule is Cc1noc(C)c1-c1cc(I)c2c(c1)nc(OC(C)C)n2C. The van der Waals surface area contributed by atoms with Gasteiger partial charge < -0.3 is 9.26 Å². The van der Waals surface area contributed by atoms with Crippen LogP contribution in [0, 0.1) is 17.4 Å². The van der Waals surface area contributed by atoms with Crippen LogP contribution in [0.4, 0.5) is 0 Å². The molecule has 2 heterocycles. The molecule has 0 unspecified atom stereocenters. The van der Waals surface area contributed by atoms with E-state index in [9.17, 15) is 0 Å². The van der Waals surface area contributed by atoms with Crippen LogP contribution in [0.5, 0.6) is 6.01 Å². The maximum Gasteiger partial charge on any atom is 0.297 e. The second-order valence-electron chi connectivity index (χ2n) is 5.64. The molecule has 0 radical (unpaired) electrons. The number of imidazole rings is 1. The van der Waals surface area contributed by atoms with E-state index >= 15 is 0 Å². The van der Waals surface area contributed by atoms with Crippen LogP contribution in [0.25, 0.3) is 22.2 Å². The Kier molecular flexibility index (Phi) is 3.88. The van der Waals surface area contributed by atoms with E-state index < -0.39 is 0 Å². The summed E-state index contributed by atoms with van der Waals surface area (Å²) >= 11 is 2.34. The molecule has 0 N–H and O–H groups in total. The number of aromatic nitrogens is 3. The van der Waals surface area contributed by atoms with Crippen molar-refractivity contribution < 1.29 is 9.26 Å². The molecule has 0 bridgehead atoms. The number of nitrogens with zero attached hydrogens (tertiary/aromatic N) is 3. The van der Waals surface area contributed by atoms with E-state index in [2.05, 4.69) is 44.9 Å². The second-order valence-corrected chi connectivity index (χ2v) is 6.81. The fraction of sp³-hybridized carbons (Fsp3) is 0.375. The number of hydrogen-bond donors (Lipinski definition) is 0. The van der Waals surface area contributed by atoms with E-state index in [1.54, 1.807) is 0 Å². The molecule has 0 spiro atoms. The average molecular weight is 411 g/mol. The first kappa shape index (κ1) is 15.3. The highest BCUT2D eigenvalue weighted by Gasteiger charge is 2.18. The molecule has 0 saturated heterocycles. The lowest BCUT2D eigenvalue weighted by Gasteiger charge is -2.08. The fourth-order valence-electron chi connectivity index (χ4n) is 2.63. The zero-order chi connectivity index (χ0) is 16.0. The minimum atomic E-state index is 0.0928. The molecule has 0 atom stereocenters. The quantitative estimate of drug-likeness (QED) is 0.606. The molecule has 0 amide bonds. The van der Waals surface area contributed by atoms with Crippen LogP contribution in [0.15, 0.2) is 16.7 Å². The van der Waals surface area contributed by atoms with E-state index in [0.717, 1.165) is 37.2 Å². The van der Waals surface area contributed by atoms with Crippen molar-refractivity contribution >= 4 is 33.6 Å². The predicted octanol–water partition coefficient (Wildman–Crippen LogP) is 4.24. The zero-order valence-corrected chi connectivity index (χ0v) is 15.4. The van der Waals surface area contributed by atoms with Gasteiger partial charge in [0, 0.05) is 16.2 Å². The number of fused-ring (bicyclic) bond motifs is 1. The van der Waals surface area contributed by atoms with Crippen molar-refractivity contribution in [3.8, 4) is 17.1 Å². The summed E-state index contributed by atoms with van der Waals surface area (Å²) in [6.07, 6.45) is 0.0928. The van der Waals surface area contributed by atoms with Crippen LogP contribution >= 0.6 is 22.6 Å². The van der Waals surface area contributed by atoms with E-state index in [1.165, 1.54) is 0 Å². The van der Waals surface area contributed by atoms with E-state index in [-0.39, 0.29) is 6.10 Å². The van der Waals surface area contributed by atoms with Gasteiger partial charge in [0.15, 0.2) is 0 Å². The van der Waals surface area contributed by atoms with Gasteiger partial charge >= 0.3 is 0 Å². The van der Waals surface area contributed by atoms with Crippen molar-refractivity contribution in [2.24, 2.45) is 7.05 Å². The summed E-state index contributed by atoms with van der Waals surface area (Å²) in [5.41, 5.74) is 4.99. The van der Waals surface area contributed by atoms with E-state index in [4.69, 9.17) is 9.26 Å². The Balaban J connectivity index is 2.21. The van der Waals surface area contributed by atoms with Gasteiger partial charge in [0.05, 0.1) is 22.8 Å². The van der Waals surface area contributed by atoms with Crippen LogP contribution in [-0.4, -0.2) is 20.8 Å². The number of halogens is 1. The summed E-state index contributed by atoms with van der Waals surface area (Å²) < 4.78 is 14.2. The normalized spacial score (nSPS) is 11.6. The maximum atomic E-state index is 5.78. The van der Waals surface area contributed by atoms with E-state index in [1.807, 2.05) is 39.3 Å². The molecule has 0 fully saturated rings. The Morgan fingerprint density at radius 1 is 1.27 bits per heavy atom. The highest BCUT2D eigenvalue weighted by molar-refractivity contribution is 14.1. The molecule has 0 aliphatic carbocycles. The fourth-order valence-corrected chi connectivity index (χ4v) is 3.60. The van der Waals surface area contributed by atoms with Crippen molar-refractivity contribution in [2.45, 2.75) is 33.8 Å². The maximum absolute atomic E-state index is 5.78. The number of benzene rings is 1. The van der Waals surface area contributed by atoms with Crippen molar-refractivity contribution in [3.05, 3.63) is 27.2 Å². The molecule has 1 aromatic carbocycles. The first-order valence-corrected chi connectivity index (χ1v) is 8.22. The lowest BCUT2D eigenvalue weighted by molar-refractivity contribution is 0.216. The predicted molar refractivity (Wildman–Crippen MR) is 94.2 cm³/mol. The van der Waals surface area contributed by atoms with Crippen molar-refractivity contribution in [1.29, 1.82) is 0 Å². The molecular weight excluding hydrogens is 393 g/mol. The lowest BCUT2D eigenvalue weighted by Crippen LogP contribution is -2.09. The third kappa shape index (κ3) is 2.49. The first-order valence-electron chi connectivity index (χ1n) is 7.14. The standard InChI is InChI=1S/C16H18IN3O2/c1-8(2)21-16-18-13-7-11(6-12(17)15(13)20(16)5)14-9(3)19-22-10(14)4/h6-8H,1-5H3. The minimum absolute atomic E-state index is 0.0928. The second kappa shape index (κ2) is 5.57. The van der Waals surface area contributed by atoms with Gasteiger partial charge in [-0.3, -0.25) is 4.57 Å². The van der Waals surface area contributed by atoms with Gasteiger partial charge in [-0.15, -0.1) is 0 Å². The Morgan fingerprint density at radius 2 is 2.00 bits per heavy atom. The van der Waals surface area contributed by atoms with Gasteiger partial charge in [-0.1, -0.05) is 5.16 Å². The summed E-state index contributed by atoms with van der Waals surface area (Å²) in [7, 11) is 1.98. The Bertz CT molecular complexity index is 829. The summed E-state index contributed by atoms with van der Waals surface area (Å²) in [5, 5.41) is 4.04. The van der Waals surface area contributed by atoms with Gasteiger partial charge in [-0.2, -0.15) is 4.98 Å². The first-order chi connectivity index (χ1) is 10.4. The third-order valence-electron chi connectivity index (χ3n) is 3.54. The zero-order valence-electron chi connectivity index (χ0n) is 13.3. The van der Waals surface area contributed by atoms with Gasteiger partial charge in [-0.25, -0.2) is 0 Å². The minimum Gasteiger partial charge on any atom is -0.462 e. The van der Waals surface area contributed by atoms with Crippen LogP contribution in [0.3, 0.4) is 0 Å². The molecule has 0 aliphatic rings. The number of hydrogen-bond acceptors (Lipinski definition) is 4. The molecule has 0 saturated carbocycles. The van der Waals surface area contributed by atoms with Gasteiger partial charge in [0.25, 0.3) is 6.01 Å². The highest BCUT2D eigenvalue weighted by atomic mass is 127. The van der Waals surface area contributed by atoms with Gasteiger partial charge in [0.2, 0.25) is 0 Å². The summed E-state index contributed by atoms with van der Waals surface area (Å²) in [5.74, 6) is 0.822. The summed E-state index contributed by atoms with van der Waals surface area (Å²) in [4.78, 5) is 4.63. The van der Waals surface area contributed by atoms with Crippen LogP contribution in [0.2, 0.25) is 0 Å². The largest absolute Gasteiger partial charge is 0.462 e. The highest BCUT2D eigenvalue weighted by Crippen LogP contribution is 2.33. The molecule has 0 aliphatic heterocycles. The molecule has 2 aromatic heterocycles. The molecule has 5 nitrogen and oxygen atoms in total. The number of aryl methyl sites for hydroxylation is 3. The third-order valence-corrected chi connectivity index (χ3v) is 4.37. The van der Waals surface area contributed by atoms with Gasteiger partial charge in [-0.05, 0) is 68.0 Å². The Labute approximate surface area is 142 Å². The molecule has 116 valence electrons. The smallest absolute Gasteiger partial charge is 0.297 e. The molecule has 3 aromatic rings. The van der Waals surface area contributed by atoms with Crippen LogP contribution in [-0.2, 0) is 7.05 Å². The monoisotopic (exact) mass is 411 g/mol. The average Bonchev–Trinajstić information content (AvgIpc) is 2.90. The van der Waals surface area contributed by atoms with E-state index in [0.29, 0.717) is 6.01 Å². The molecule has 3 rings (SSSR count). The summed E-state index contributed by atoms with van der Waals surface area (Å²) in [6, 6.07) is 4.84. The number of ether oxygens (including phenoxy) is 1. The van der Waals surface area contributed by atoms with Crippen molar-refractivity contribution in [3.63, 3.8) is 0 Å². The lowest BCUT2D eigenvalue weighted by atomic mass is 10.0. The van der Waals surface area contributed by atoms with Crippen molar-refractivity contribution in [2.75, 3.05) is 0 Å². The Hall–Kier alpha value is -1.57. The molecule has 6 heteroatoms. The van der Waals surface area contributed by atoms with Gasteiger partial charge in [0.1, 0.15) is 5.76 Å². The summed E-state index contributed by atoms with van der Waals surface area (Å²) in [6.45, 7) is 7.88. The topological polar surface area (TPSA) is 53.1 Å². The van der Waals surface area contributed by atoms with Crippen LogP contribution in [0.1, 0.15) is 25.3 Å². The van der Waals surface area contributed by atoms with Crippen molar-refractivity contribution in [1.82, 2.24) is 14.7 Å². The Morgan fingerprint density at radius 3 is 2.59 bits per heavy atom. The molecule has 22 heavy (non-hydrogen) atoms. The molecular formula is C16H18IN3O2. The van der Waals surface area contributed by atoms with Crippen LogP contribution < -0.4 is 4.74 Å². The number of rotatable bonds is 3.